The Hall–Kier alpha value is -0.600. The zero-order chi connectivity index (χ0) is 8.97. The van der Waals surface area contributed by atoms with Crippen molar-refractivity contribution in [3.8, 4) is 0 Å². The molecule has 0 aromatic carbocycles. The first kappa shape index (κ1) is 9.49. The van der Waals surface area contributed by atoms with Crippen LogP contribution in [0.25, 0.3) is 0 Å². The third-order valence-corrected chi connectivity index (χ3v) is 2.91. The minimum absolute atomic E-state index is 0.350. The smallest absolute Gasteiger partial charge is 0.0918 e. The molecule has 0 saturated heterocycles. The summed E-state index contributed by atoms with van der Waals surface area (Å²) in [5.74, 6) is 0. The van der Waals surface area contributed by atoms with Gasteiger partial charge in [0, 0.05) is 4.88 Å². The second kappa shape index (κ2) is 4.43. The molecule has 0 saturated carbocycles. The van der Waals surface area contributed by atoms with Crippen molar-refractivity contribution in [2.75, 3.05) is 0 Å². The molecule has 0 amide bonds. The highest BCUT2D eigenvalue weighted by Crippen LogP contribution is 2.27. The minimum atomic E-state index is -0.350. The number of thiophene rings is 1. The van der Waals surface area contributed by atoms with Crippen molar-refractivity contribution in [1.82, 2.24) is 0 Å². The number of hydrogen-bond donors (Lipinski definition) is 1. The van der Waals surface area contributed by atoms with Crippen LogP contribution >= 0.6 is 11.3 Å². The summed E-state index contributed by atoms with van der Waals surface area (Å²) >= 11 is 1.62. The van der Waals surface area contributed by atoms with E-state index in [1.54, 1.807) is 17.4 Å². The highest BCUT2D eigenvalue weighted by atomic mass is 32.1. The fourth-order valence-corrected chi connectivity index (χ4v) is 2.19. The van der Waals surface area contributed by atoms with Crippen LogP contribution < -0.4 is 0 Å². The van der Waals surface area contributed by atoms with E-state index >= 15 is 0 Å². The van der Waals surface area contributed by atoms with Crippen molar-refractivity contribution in [2.24, 2.45) is 0 Å². The van der Waals surface area contributed by atoms with Crippen LogP contribution in [0.1, 0.15) is 29.9 Å². The van der Waals surface area contributed by atoms with Gasteiger partial charge in [0.05, 0.1) is 6.10 Å². The van der Waals surface area contributed by atoms with Gasteiger partial charge in [0.1, 0.15) is 0 Å². The van der Waals surface area contributed by atoms with E-state index in [4.69, 9.17) is 0 Å². The normalized spacial score (nSPS) is 12.8. The van der Waals surface area contributed by atoms with Crippen molar-refractivity contribution in [2.45, 2.75) is 25.9 Å². The van der Waals surface area contributed by atoms with Gasteiger partial charge in [-0.15, -0.1) is 17.9 Å². The van der Waals surface area contributed by atoms with Crippen molar-refractivity contribution >= 4 is 11.3 Å². The summed E-state index contributed by atoms with van der Waals surface area (Å²) in [5.41, 5.74) is 1.26. The summed E-state index contributed by atoms with van der Waals surface area (Å²) in [7, 11) is 0. The molecule has 1 atom stereocenters. The molecule has 0 aliphatic heterocycles. The third kappa shape index (κ3) is 1.96. The molecule has 0 aliphatic rings. The van der Waals surface area contributed by atoms with E-state index in [9.17, 15) is 5.11 Å². The molecule has 1 aromatic heterocycles. The van der Waals surface area contributed by atoms with E-state index in [2.05, 4.69) is 19.6 Å². The molecule has 0 spiro atoms. The van der Waals surface area contributed by atoms with E-state index in [-0.39, 0.29) is 6.10 Å². The van der Waals surface area contributed by atoms with Crippen LogP contribution in [0, 0.1) is 0 Å². The van der Waals surface area contributed by atoms with Gasteiger partial charge >= 0.3 is 0 Å². The number of aliphatic hydroxyl groups is 1. The molecule has 1 aromatic rings. The lowest BCUT2D eigenvalue weighted by Crippen LogP contribution is -1.95. The van der Waals surface area contributed by atoms with Crippen LogP contribution in [0.4, 0.5) is 0 Å². The van der Waals surface area contributed by atoms with Gasteiger partial charge in [-0.2, -0.15) is 0 Å². The summed E-state index contributed by atoms with van der Waals surface area (Å²) in [6.45, 7) is 5.71. The molecule has 66 valence electrons. The SMILES string of the molecule is C=CCC(O)c1sccc1CC. The first-order valence-electron chi connectivity index (χ1n) is 4.14. The van der Waals surface area contributed by atoms with Crippen LogP contribution in [0.2, 0.25) is 0 Å². The van der Waals surface area contributed by atoms with Gasteiger partial charge in [-0.05, 0) is 29.9 Å². The van der Waals surface area contributed by atoms with Crippen LogP contribution in [-0.2, 0) is 6.42 Å². The van der Waals surface area contributed by atoms with Gasteiger partial charge in [-0.3, -0.25) is 0 Å². The fraction of sp³-hybridized carbons (Fsp3) is 0.400. The monoisotopic (exact) mass is 182 g/mol. The molecule has 1 nitrogen and oxygen atoms in total. The number of rotatable bonds is 4. The quantitative estimate of drug-likeness (QED) is 0.710. The molecule has 2 heteroatoms. The third-order valence-electron chi connectivity index (χ3n) is 1.85. The Bertz CT molecular complexity index is 252. The fourth-order valence-electron chi connectivity index (χ4n) is 1.20. The van der Waals surface area contributed by atoms with Crippen molar-refractivity contribution in [3.63, 3.8) is 0 Å². The highest BCUT2D eigenvalue weighted by Gasteiger charge is 2.10. The highest BCUT2D eigenvalue weighted by molar-refractivity contribution is 7.10. The average molecular weight is 182 g/mol. The van der Waals surface area contributed by atoms with E-state index in [1.807, 2.05) is 5.38 Å². The Morgan fingerprint density at radius 1 is 1.75 bits per heavy atom. The standard InChI is InChI=1S/C10H14OS/c1-3-5-9(11)10-8(4-2)6-7-12-10/h3,6-7,9,11H,1,4-5H2,2H3. The maximum Gasteiger partial charge on any atom is 0.0918 e. The van der Waals surface area contributed by atoms with E-state index < -0.39 is 0 Å². The number of hydrogen-bond acceptors (Lipinski definition) is 2. The van der Waals surface area contributed by atoms with E-state index in [0.717, 1.165) is 11.3 Å². The molecule has 12 heavy (non-hydrogen) atoms. The molecular weight excluding hydrogens is 168 g/mol. The van der Waals surface area contributed by atoms with Crippen LogP contribution in [0.15, 0.2) is 24.1 Å². The maximum atomic E-state index is 9.66. The topological polar surface area (TPSA) is 20.2 Å². The first-order valence-corrected chi connectivity index (χ1v) is 5.02. The second-order valence-corrected chi connectivity index (χ2v) is 3.65. The molecule has 1 heterocycles. The number of aliphatic hydroxyl groups excluding tert-OH is 1. The van der Waals surface area contributed by atoms with Gasteiger partial charge in [-0.1, -0.05) is 13.0 Å². The van der Waals surface area contributed by atoms with Crippen molar-refractivity contribution in [1.29, 1.82) is 0 Å². The molecule has 1 unspecified atom stereocenters. The summed E-state index contributed by atoms with van der Waals surface area (Å²) in [6.07, 6.45) is 3.04. The number of aryl methyl sites for hydroxylation is 1. The maximum absolute atomic E-state index is 9.66. The molecule has 0 fully saturated rings. The average Bonchev–Trinajstić information content (AvgIpc) is 2.51. The van der Waals surface area contributed by atoms with Crippen molar-refractivity contribution < 1.29 is 5.11 Å². The van der Waals surface area contributed by atoms with Gasteiger partial charge < -0.3 is 5.11 Å². The van der Waals surface area contributed by atoms with Gasteiger partial charge in [0.25, 0.3) is 0 Å². The first-order chi connectivity index (χ1) is 5.79. The lowest BCUT2D eigenvalue weighted by atomic mass is 10.1. The molecule has 1 rings (SSSR count). The summed E-state index contributed by atoms with van der Waals surface area (Å²) in [6, 6.07) is 2.08. The van der Waals surface area contributed by atoms with Crippen LogP contribution in [0.5, 0.6) is 0 Å². The Morgan fingerprint density at radius 2 is 2.50 bits per heavy atom. The lowest BCUT2D eigenvalue weighted by molar-refractivity contribution is 0.184. The Balaban J connectivity index is 2.78. The molecule has 1 N–H and O–H groups in total. The Kier molecular flexibility index (Phi) is 3.50. The van der Waals surface area contributed by atoms with Gasteiger partial charge in [-0.25, -0.2) is 0 Å². The second-order valence-electron chi connectivity index (χ2n) is 2.70. The van der Waals surface area contributed by atoms with Crippen molar-refractivity contribution in [3.05, 3.63) is 34.5 Å². The molecular formula is C10H14OS. The molecule has 0 bridgehead atoms. The predicted molar refractivity (Wildman–Crippen MR) is 53.5 cm³/mol. The zero-order valence-corrected chi connectivity index (χ0v) is 8.10. The Labute approximate surface area is 77.4 Å². The van der Waals surface area contributed by atoms with Gasteiger partial charge in [0.15, 0.2) is 0 Å². The minimum Gasteiger partial charge on any atom is -0.387 e. The van der Waals surface area contributed by atoms with E-state index in [0.29, 0.717) is 6.42 Å². The van der Waals surface area contributed by atoms with Gasteiger partial charge in [0.2, 0.25) is 0 Å². The largest absolute Gasteiger partial charge is 0.387 e. The lowest BCUT2D eigenvalue weighted by Gasteiger charge is -2.07. The zero-order valence-electron chi connectivity index (χ0n) is 7.29. The summed E-state index contributed by atoms with van der Waals surface area (Å²) < 4.78 is 0. The summed E-state index contributed by atoms with van der Waals surface area (Å²) in [5, 5.41) is 11.7. The van der Waals surface area contributed by atoms with Crippen LogP contribution in [0.3, 0.4) is 0 Å². The van der Waals surface area contributed by atoms with E-state index in [1.165, 1.54) is 5.56 Å². The Morgan fingerprint density at radius 3 is 3.08 bits per heavy atom. The molecule has 0 radical (unpaired) electrons. The predicted octanol–water partition coefficient (Wildman–Crippen LogP) is 2.92. The van der Waals surface area contributed by atoms with Crippen LogP contribution in [-0.4, -0.2) is 5.11 Å². The molecule has 0 aliphatic carbocycles. The summed E-state index contributed by atoms with van der Waals surface area (Å²) in [4.78, 5) is 1.09.